The molecule has 1 heterocycles. The van der Waals surface area contributed by atoms with Gasteiger partial charge in [0.05, 0.1) is 0 Å². The van der Waals surface area contributed by atoms with Crippen molar-refractivity contribution in [2.45, 2.75) is 6.54 Å². The van der Waals surface area contributed by atoms with Crippen LogP contribution in [0.3, 0.4) is 0 Å². The quantitative estimate of drug-likeness (QED) is 0.873. The standard InChI is InChI=1S/C13H15ClN4O/c1-17(13(19)12-5-6-18(2)16-12)8-9-7-10(15)3-4-11(9)14/h3-7H,8,15H2,1-2H3. The Hall–Kier alpha value is -2.01. The minimum atomic E-state index is -0.154. The number of aromatic nitrogens is 2. The van der Waals surface area contributed by atoms with Crippen LogP contribution in [0.1, 0.15) is 16.1 Å². The van der Waals surface area contributed by atoms with Crippen LogP contribution in [-0.2, 0) is 13.6 Å². The molecular weight excluding hydrogens is 264 g/mol. The van der Waals surface area contributed by atoms with Gasteiger partial charge in [0.25, 0.3) is 5.91 Å². The Kier molecular flexibility index (Phi) is 3.76. The number of nitrogens with two attached hydrogens (primary N) is 1. The number of halogens is 1. The smallest absolute Gasteiger partial charge is 0.274 e. The van der Waals surface area contributed by atoms with E-state index < -0.39 is 0 Å². The number of amides is 1. The van der Waals surface area contributed by atoms with E-state index in [0.29, 0.717) is 22.9 Å². The summed E-state index contributed by atoms with van der Waals surface area (Å²) in [6.07, 6.45) is 1.73. The van der Waals surface area contributed by atoms with Crippen LogP contribution in [0.5, 0.6) is 0 Å². The van der Waals surface area contributed by atoms with Gasteiger partial charge in [-0.3, -0.25) is 9.48 Å². The lowest BCUT2D eigenvalue weighted by Gasteiger charge is -2.17. The van der Waals surface area contributed by atoms with Gasteiger partial charge in [-0.2, -0.15) is 5.10 Å². The average molecular weight is 279 g/mol. The SMILES string of the molecule is CN(Cc1cc(N)ccc1Cl)C(=O)c1ccn(C)n1. The molecule has 0 aliphatic heterocycles. The summed E-state index contributed by atoms with van der Waals surface area (Å²) in [7, 11) is 3.47. The second-order valence-electron chi connectivity index (χ2n) is 4.39. The van der Waals surface area contributed by atoms with Gasteiger partial charge in [-0.25, -0.2) is 0 Å². The highest BCUT2D eigenvalue weighted by atomic mass is 35.5. The van der Waals surface area contributed by atoms with Gasteiger partial charge in [-0.15, -0.1) is 0 Å². The monoisotopic (exact) mass is 278 g/mol. The normalized spacial score (nSPS) is 10.5. The van der Waals surface area contributed by atoms with Crippen molar-refractivity contribution in [3.05, 3.63) is 46.7 Å². The van der Waals surface area contributed by atoms with Crippen LogP contribution in [0, 0.1) is 0 Å². The highest BCUT2D eigenvalue weighted by molar-refractivity contribution is 6.31. The molecule has 2 N–H and O–H groups in total. The molecule has 0 aliphatic rings. The predicted octanol–water partition coefficient (Wildman–Crippen LogP) is 1.93. The first kappa shape index (κ1) is 13.4. The zero-order valence-electron chi connectivity index (χ0n) is 10.8. The first-order chi connectivity index (χ1) is 8.97. The van der Waals surface area contributed by atoms with Crippen LogP contribution in [0.15, 0.2) is 30.5 Å². The molecule has 100 valence electrons. The molecule has 0 saturated heterocycles. The third-order valence-electron chi connectivity index (χ3n) is 2.76. The van der Waals surface area contributed by atoms with Crippen LogP contribution in [0.25, 0.3) is 0 Å². The maximum Gasteiger partial charge on any atom is 0.274 e. The number of carbonyl (C=O) groups is 1. The molecule has 6 heteroatoms. The molecule has 0 spiro atoms. The number of nitrogens with zero attached hydrogens (tertiary/aromatic N) is 3. The lowest BCUT2D eigenvalue weighted by Crippen LogP contribution is -2.26. The molecule has 2 rings (SSSR count). The van der Waals surface area contributed by atoms with E-state index in [-0.39, 0.29) is 5.91 Å². The summed E-state index contributed by atoms with van der Waals surface area (Å²) in [4.78, 5) is 13.7. The summed E-state index contributed by atoms with van der Waals surface area (Å²) < 4.78 is 1.59. The van der Waals surface area contributed by atoms with Gasteiger partial charge in [-0.05, 0) is 29.8 Å². The number of hydrogen-bond donors (Lipinski definition) is 1. The molecule has 1 amide bonds. The Labute approximate surface area is 116 Å². The maximum absolute atomic E-state index is 12.1. The molecule has 0 unspecified atom stereocenters. The summed E-state index contributed by atoms with van der Waals surface area (Å²) in [5.41, 5.74) is 7.56. The number of benzene rings is 1. The minimum Gasteiger partial charge on any atom is -0.399 e. The molecule has 0 radical (unpaired) electrons. The van der Waals surface area contributed by atoms with Crippen molar-refractivity contribution in [3.8, 4) is 0 Å². The fourth-order valence-corrected chi connectivity index (χ4v) is 1.95. The predicted molar refractivity (Wildman–Crippen MR) is 74.9 cm³/mol. The third kappa shape index (κ3) is 3.06. The van der Waals surface area contributed by atoms with Gasteiger partial charge in [0.15, 0.2) is 0 Å². The van der Waals surface area contributed by atoms with Crippen LogP contribution >= 0.6 is 11.6 Å². The largest absolute Gasteiger partial charge is 0.399 e. The van der Waals surface area contributed by atoms with Gasteiger partial charge in [-0.1, -0.05) is 11.6 Å². The van der Waals surface area contributed by atoms with E-state index >= 15 is 0 Å². The number of rotatable bonds is 3. The summed E-state index contributed by atoms with van der Waals surface area (Å²) in [6.45, 7) is 0.388. The molecule has 5 nitrogen and oxygen atoms in total. The van der Waals surface area contributed by atoms with Gasteiger partial charge in [0, 0.05) is 37.5 Å². The number of nitrogen functional groups attached to an aromatic ring is 1. The van der Waals surface area contributed by atoms with Crippen LogP contribution in [0.4, 0.5) is 5.69 Å². The molecule has 1 aromatic carbocycles. The van der Waals surface area contributed by atoms with Crippen molar-refractivity contribution in [1.29, 1.82) is 0 Å². The van der Waals surface area contributed by atoms with Crippen LogP contribution in [0.2, 0.25) is 5.02 Å². The zero-order valence-corrected chi connectivity index (χ0v) is 11.6. The molecule has 0 saturated carbocycles. The highest BCUT2D eigenvalue weighted by Gasteiger charge is 2.15. The van der Waals surface area contributed by atoms with Crippen molar-refractivity contribution in [2.24, 2.45) is 7.05 Å². The molecule has 0 aliphatic carbocycles. The van der Waals surface area contributed by atoms with Crippen LogP contribution in [-0.4, -0.2) is 27.6 Å². The van der Waals surface area contributed by atoms with Crippen molar-refractivity contribution >= 4 is 23.2 Å². The number of hydrogen-bond acceptors (Lipinski definition) is 3. The maximum atomic E-state index is 12.1. The van der Waals surface area contributed by atoms with E-state index in [1.54, 1.807) is 54.1 Å². The Bertz CT molecular complexity index is 608. The summed E-state index contributed by atoms with van der Waals surface area (Å²) in [5.74, 6) is -0.154. The second kappa shape index (κ2) is 5.32. The van der Waals surface area contributed by atoms with Crippen molar-refractivity contribution in [1.82, 2.24) is 14.7 Å². The minimum absolute atomic E-state index is 0.154. The lowest BCUT2D eigenvalue weighted by molar-refractivity contribution is 0.0778. The third-order valence-corrected chi connectivity index (χ3v) is 3.13. The van der Waals surface area contributed by atoms with E-state index in [9.17, 15) is 4.79 Å². The Morgan fingerprint density at radius 1 is 1.47 bits per heavy atom. The highest BCUT2D eigenvalue weighted by Crippen LogP contribution is 2.20. The van der Waals surface area contributed by atoms with Crippen molar-refractivity contribution in [2.75, 3.05) is 12.8 Å². The van der Waals surface area contributed by atoms with E-state index in [0.717, 1.165) is 5.56 Å². The Balaban J connectivity index is 2.14. The molecule has 2 aromatic rings. The van der Waals surface area contributed by atoms with Gasteiger partial charge >= 0.3 is 0 Å². The fourth-order valence-electron chi connectivity index (χ4n) is 1.77. The molecule has 19 heavy (non-hydrogen) atoms. The number of anilines is 1. The van der Waals surface area contributed by atoms with E-state index in [2.05, 4.69) is 5.10 Å². The fraction of sp³-hybridized carbons (Fsp3) is 0.231. The molecule has 0 fully saturated rings. The second-order valence-corrected chi connectivity index (χ2v) is 4.79. The topological polar surface area (TPSA) is 64.2 Å². The van der Waals surface area contributed by atoms with E-state index in [4.69, 9.17) is 17.3 Å². The Morgan fingerprint density at radius 3 is 2.84 bits per heavy atom. The van der Waals surface area contributed by atoms with Crippen LogP contribution < -0.4 is 5.73 Å². The molecule has 0 bridgehead atoms. The van der Waals surface area contributed by atoms with E-state index in [1.165, 1.54) is 0 Å². The molecular formula is C13H15ClN4O. The van der Waals surface area contributed by atoms with Crippen molar-refractivity contribution in [3.63, 3.8) is 0 Å². The van der Waals surface area contributed by atoms with Gasteiger partial charge in [0.1, 0.15) is 5.69 Å². The lowest BCUT2D eigenvalue weighted by atomic mass is 10.2. The van der Waals surface area contributed by atoms with Gasteiger partial charge in [0.2, 0.25) is 0 Å². The summed E-state index contributed by atoms with van der Waals surface area (Å²) in [6, 6.07) is 6.90. The summed E-state index contributed by atoms with van der Waals surface area (Å²) in [5, 5.41) is 4.67. The molecule has 1 aromatic heterocycles. The zero-order chi connectivity index (χ0) is 14.0. The van der Waals surface area contributed by atoms with Gasteiger partial charge < -0.3 is 10.6 Å². The van der Waals surface area contributed by atoms with E-state index in [1.807, 2.05) is 0 Å². The first-order valence-corrected chi connectivity index (χ1v) is 6.14. The average Bonchev–Trinajstić information content (AvgIpc) is 2.79. The first-order valence-electron chi connectivity index (χ1n) is 5.76. The van der Waals surface area contributed by atoms with Crippen molar-refractivity contribution < 1.29 is 4.79 Å². The Morgan fingerprint density at radius 2 is 2.21 bits per heavy atom. The number of aryl methyl sites for hydroxylation is 1. The molecule has 0 atom stereocenters. The summed E-state index contributed by atoms with van der Waals surface area (Å²) >= 11 is 6.08. The number of carbonyl (C=O) groups excluding carboxylic acids is 1.